The van der Waals surface area contributed by atoms with Crippen molar-refractivity contribution in [2.24, 2.45) is 0 Å². The molecule has 0 spiro atoms. The van der Waals surface area contributed by atoms with Crippen molar-refractivity contribution in [3.05, 3.63) is 35.9 Å². The van der Waals surface area contributed by atoms with E-state index in [2.05, 4.69) is 0 Å². The van der Waals surface area contributed by atoms with Crippen molar-refractivity contribution in [3.63, 3.8) is 0 Å². The molecule has 1 fully saturated rings. The van der Waals surface area contributed by atoms with E-state index in [-0.39, 0.29) is 17.3 Å². The van der Waals surface area contributed by atoms with Crippen LogP contribution in [0.25, 0.3) is 0 Å². The molecular weight excluding hydrogens is 298 g/mol. The minimum atomic E-state index is -0.235. The first-order valence-corrected chi connectivity index (χ1v) is 8.76. The summed E-state index contributed by atoms with van der Waals surface area (Å²) in [5.41, 5.74) is 0.997. The van der Waals surface area contributed by atoms with Gasteiger partial charge in [0, 0.05) is 25.3 Å². The number of rotatable bonds is 5. The van der Waals surface area contributed by atoms with Gasteiger partial charge in [-0.2, -0.15) is 0 Å². The molecule has 4 nitrogen and oxygen atoms in total. The van der Waals surface area contributed by atoms with Crippen LogP contribution in [0.1, 0.15) is 38.2 Å². The largest absolute Gasteiger partial charge is 0.445 e. The topological polar surface area (TPSA) is 46.6 Å². The van der Waals surface area contributed by atoms with Gasteiger partial charge in [-0.05, 0) is 31.2 Å². The third-order valence-corrected chi connectivity index (χ3v) is 4.67. The lowest BCUT2D eigenvalue weighted by Crippen LogP contribution is -2.44. The Kier molecular flexibility index (Phi) is 6.77. The molecule has 1 unspecified atom stereocenters. The number of nitrogens with zero attached hydrogens (tertiary/aromatic N) is 1. The van der Waals surface area contributed by atoms with Crippen LogP contribution in [0.3, 0.4) is 0 Å². The maximum atomic E-state index is 12.3. The molecule has 1 amide bonds. The van der Waals surface area contributed by atoms with E-state index >= 15 is 0 Å². The highest BCUT2D eigenvalue weighted by Crippen LogP contribution is 2.22. The molecule has 1 atom stereocenters. The van der Waals surface area contributed by atoms with Crippen LogP contribution in [-0.4, -0.2) is 34.4 Å². The second-order valence-corrected chi connectivity index (χ2v) is 6.78. The lowest BCUT2D eigenvalue weighted by Gasteiger charge is -2.34. The second kappa shape index (κ2) is 8.83. The fraction of sp³-hybridized carbons (Fsp3) is 0.529. The molecule has 1 saturated heterocycles. The van der Waals surface area contributed by atoms with Crippen LogP contribution in [0.4, 0.5) is 4.79 Å². The molecule has 2 rings (SSSR count). The van der Waals surface area contributed by atoms with Gasteiger partial charge in [0.2, 0.25) is 0 Å². The average Bonchev–Trinajstić information content (AvgIpc) is 2.54. The molecule has 0 N–H and O–H groups in total. The summed E-state index contributed by atoms with van der Waals surface area (Å²) in [6, 6.07) is 9.91. The van der Waals surface area contributed by atoms with Crippen molar-refractivity contribution in [2.45, 2.75) is 45.3 Å². The number of hydrogen-bond acceptors (Lipinski definition) is 4. The Hall–Kier alpha value is -1.49. The highest BCUT2D eigenvalue weighted by molar-refractivity contribution is 8.13. The second-order valence-electron chi connectivity index (χ2n) is 5.51. The van der Waals surface area contributed by atoms with Crippen LogP contribution >= 0.6 is 11.8 Å². The summed E-state index contributed by atoms with van der Waals surface area (Å²) in [6.07, 6.45) is 3.78. The quantitative estimate of drug-likeness (QED) is 0.826. The van der Waals surface area contributed by atoms with Crippen molar-refractivity contribution in [1.82, 2.24) is 4.90 Å². The van der Waals surface area contributed by atoms with Crippen molar-refractivity contribution in [3.8, 4) is 0 Å². The van der Waals surface area contributed by atoms with Crippen LogP contribution in [0.15, 0.2) is 30.3 Å². The number of carbonyl (C=O) groups excluding carboxylic acids is 2. The van der Waals surface area contributed by atoms with Crippen LogP contribution in [0.2, 0.25) is 0 Å². The number of ether oxygens (including phenoxy) is 1. The van der Waals surface area contributed by atoms with E-state index < -0.39 is 0 Å². The highest BCUT2D eigenvalue weighted by Gasteiger charge is 2.27. The molecule has 0 bridgehead atoms. The summed E-state index contributed by atoms with van der Waals surface area (Å²) in [5.74, 6) is 0.766. The highest BCUT2D eigenvalue weighted by atomic mass is 32.2. The van der Waals surface area contributed by atoms with Gasteiger partial charge in [-0.25, -0.2) is 4.79 Å². The summed E-state index contributed by atoms with van der Waals surface area (Å²) >= 11 is 1.33. The van der Waals surface area contributed by atoms with Gasteiger partial charge in [0.1, 0.15) is 6.61 Å². The van der Waals surface area contributed by atoms with E-state index in [9.17, 15) is 9.59 Å². The molecular formula is C17H23NO3S. The minimum Gasteiger partial charge on any atom is -0.445 e. The SMILES string of the molecule is CC(=O)SCCC1CCCCN1C(=O)OCc1ccccc1. The first-order valence-electron chi connectivity index (χ1n) is 7.77. The average molecular weight is 321 g/mol. The predicted molar refractivity (Wildman–Crippen MR) is 88.7 cm³/mol. The zero-order chi connectivity index (χ0) is 15.8. The van der Waals surface area contributed by atoms with Gasteiger partial charge in [-0.15, -0.1) is 0 Å². The molecule has 5 heteroatoms. The van der Waals surface area contributed by atoms with Crippen molar-refractivity contribution in [1.29, 1.82) is 0 Å². The third kappa shape index (κ3) is 5.37. The molecule has 1 aliphatic heterocycles. The standard InChI is InChI=1S/C17H23NO3S/c1-14(19)22-12-10-16-9-5-6-11-18(16)17(20)21-13-15-7-3-2-4-8-15/h2-4,7-8,16H,5-6,9-13H2,1H3. The lowest BCUT2D eigenvalue weighted by atomic mass is 10.0. The number of carbonyl (C=O) groups is 2. The van der Waals surface area contributed by atoms with Gasteiger partial charge in [-0.3, -0.25) is 4.79 Å². The summed E-state index contributed by atoms with van der Waals surface area (Å²) in [6.45, 7) is 2.64. The molecule has 1 aliphatic rings. The zero-order valence-electron chi connectivity index (χ0n) is 13.0. The van der Waals surface area contributed by atoms with Crippen LogP contribution in [0, 0.1) is 0 Å². The van der Waals surface area contributed by atoms with Crippen molar-refractivity contribution in [2.75, 3.05) is 12.3 Å². The van der Waals surface area contributed by atoms with Gasteiger partial charge >= 0.3 is 6.09 Å². The number of benzene rings is 1. The summed E-state index contributed by atoms with van der Waals surface area (Å²) < 4.78 is 5.44. The number of amides is 1. The van der Waals surface area contributed by atoms with E-state index in [4.69, 9.17) is 4.74 Å². The first kappa shape index (κ1) is 16.9. The Balaban J connectivity index is 1.83. The van der Waals surface area contributed by atoms with Gasteiger partial charge in [0.25, 0.3) is 0 Å². The van der Waals surface area contributed by atoms with Gasteiger partial charge < -0.3 is 9.64 Å². The molecule has 1 heterocycles. The number of likely N-dealkylation sites (tertiary alicyclic amines) is 1. The van der Waals surface area contributed by atoms with E-state index in [1.54, 1.807) is 6.92 Å². The summed E-state index contributed by atoms with van der Waals surface area (Å²) in [7, 11) is 0. The van der Waals surface area contributed by atoms with E-state index in [1.165, 1.54) is 11.8 Å². The summed E-state index contributed by atoms with van der Waals surface area (Å²) in [5, 5.41) is 0.133. The van der Waals surface area contributed by atoms with Crippen LogP contribution in [0.5, 0.6) is 0 Å². The molecule has 1 aromatic carbocycles. The molecule has 22 heavy (non-hydrogen) atoms. The van der Waals surface area contributed by atoms with Crippen LogP contribution in [-0.2, 0) is 16.1 Å². The Labute approximate surface area is 136 Å². The predicted octanol–water partition coefficient (Wildman–Crippen LogP) is 3.85. The molecule has 0 radical (unpaired) electrons. The molecule has 0 aliphatic carbocycles. The van der Waals surface area contributed by atoms with Gasteiger partial charge in [0.15, 0.2) is 5.12 Å². The van der Waals surface area contributed by atoms with E-state index in [1.807, 2.05) is 35.2 Å². The maximum absolute atomic E-state index is 12.3. The normalized spacial score (nSPS) is 18.0. The van der Waals surface area contributed by atoms with E-state index in [0.29, 0.717) is 6.61 Å². The fourth-order valence-corrected chi connectivity index (χ4v) is 3.36. The number of piperidine rings is 1. The van der Waals surface area contributed by atoms with Gasteiger partial charge in [-0.1, -0.05) is 42.1 Å². The monoisotopic (exact) mass is 321 g/mol. The fourth-order valence-electron chi connectivity index (χ4n) is 2.68. The Morgan fingerprint density at radius 2 is 2.05 bits per heavy atom. The molecule has 120 valence electrons. The first-order chi connectivity index (χ1) is 10.7. The number of hydrogen-bond donors (Lipinski definition) is 0. The smallest absolute Gasteiger partial charge is 0.410 e. The maximum Gasteiger partial charge on any atom is 0.410 e. The molecule has 0 aromatic heterocycles. The molecule has 0 saturated carbocycles. The summed E-state index contributed by atoms with van der Waals surface area (Å²) in [4.78, 5) is 25.2. The van der Waals surface area contributed by atoms with Crippen molar-refractivity contribution < 1.29 is 14.3 Å². The van der Waals surface area contributed by atoms with Crippen molar-refractivity contribution >= 4 is 23.0 Å². The minimum absolute atomic E-state index is 0.133. The van der Waals surface area contributed by atoms with Gasteiger partial charge in [0.05, 0.1) is 0 Å². The lowest BCUT2D eigenvalue weighted by molar-refractivity contribution is -0.109. The Morgan fingerprint density at radius 3 is 2.77 bits per heavy atom. The van der Waals surface area contributed by atoms with E-state index in [0.717, 1.165) is 43.5 Å². The molecule has 1 aromatic rings. The van der Waals surface area contributed by atoms with Crippen LogP contribution < -0.4 is 0 Å². The number of thioether (sulfide) groups is 1. The zero-order valence-corrected chi connectivity index (χ0v) is 13.8. The Morgan fingerprint density at radius 1 is 1.27 bits per heavy atom. The Bertz CT molecular complexity index is 492. The third-order valence-electron chi connectivity index (χ3n) is 3.82.